The van der Waals surface area contributed by atoms with Gasteiger partial charge in [0.2, 0.25) is 0 Å². The van der Waals surface area contributed by atoms with Gasteiger partial charge >= 0.3 is 39.4 Å². The summed E-state index contributed by atoms with van der Waals surface area (Å²) in [5.74, 6) is 0. The molecule has 0 fully saturated rings. The summed E-state index contributed by atoms with van der Waals surface area (Å²) in [6.07, 6.45) is 0. The number of rotatable bonds is 0. The van der Waals surface area contributed by atoms with E-state index in [1.54, 1.807) is 0 Å². The van der Waals surface area contributed by atoms with Crippen LogP contribution in [0.1, 0.15) is 0 Å². The molecule has 0 spiro atoms. The number of hydrogen-bond donors (Lipinski definition) is 0. The Labute approximate surface area is 87.6 Å². The zero-order chi connectivity index (χ0) is 8.08. The normalized spacial score (nSPS) is 7.45. The summed E-state index contributed by atoms with van der Waals surface area (Å²) in [5.41, 5.74) is 0. The van der Waals surface area contributed by atoms with Crippen LogP contribution in [0.25, 0.3) is 0 Å². The van der Waals surface area contributed by atoms with Crippen molar-refractivity contribution in [3.63, 3.8) is 0 Å². The molecule has 0 aliphatic rings. The summed E-state index contributed by atoms with van der Waals surface area (Å²) in [7, 11) is -5.17. The van der Waals surface area contributed by atoms with Crippen molar-refractivity contribution in [3.05, 3.63) is 15.3 Å². The van der Waals surface area contributed by atoms with Crippen molar-refractivity contribution in [2.24, 2.45) is 0 Å². The van der Waals surface area contributed by atoms with E-state index in [-0.39, 0.29) is 39.4 Å². The molecule has 8 nitrogen and oxygen atoms in total. The summed E-state index contributed by atoms with van der Waals surface area (Å²) < 4.78 is 34.1. The Kier molecular flexibility index (Phi) is 21.1. The average Bonchev–Trinajstić information content (AvgIpc) is 1.19. The van der Waals surface area contributed by atoms with E-state index in [2.05, 4.69) is 0 Å². The summed E-state index contributed by atoms with van der Waals surface area (Å²) in [6.45, 7) is 0. The van der Waals surface area contributed by atoms with E-state index in [1.165, 1.54) is 0 Å². The molecule has 0 aliphatic heterocycles. The zero-order valence-electron chi connectivity index (χ0n) is 4.32. The maximum atomic E-state index is 8.52. The second-order valence-electron chi connectivity index (χ2n) is 0.632. The predicted octanol–water partition coefficient (Wildman–Crippen LogP) is -1.58. The van der Waals surface area contributed by atoms with Gasteiger partial charge in [-0.15, -0.1) is 0 Å². The third-order valence-electron chi connectivity index (χ3n) is 0. The molecule has 0 aromatic heterocycles. The van der Waals surface area contributed by atoms with Crippen molar-refractivity contribution < 1.29 is 62.1 Å². The van der Waals surface area contributed by atoms with Crippen molar-refractivity contribution in [2.45, 2.75) is 0 Å². The molecule has 0 heterocycles. The van der Waals surface area contributed by atoms with Gasteiger partial charge in [0.05, 0.1) is 5.09 Å². The van der Waals surface area contributed by atoms with E-state index in [0.717, 1.165) is 0 Å². The molecule has 0 N–H and O–H groups in total. The molecule has 0 aromatic carbocycles. The molecule has 11 heteroatoms. The summed E-state index contributed by atoms with van der Waals surface area (Å²) in [5, 5.41) is 14.8. The van der Waals surface area contributed by atoms with Crippen LogP contribution in [0.5, 0.6) is 0 Å². The second kappa shape index (κ2) is 10.3. The fourth-order valence-corrected chi connectivity index (χ4v) is 0. The molecule has 0 saturated heterocycles. The van der Waals surface area contributed by atoms with Crippen molar-refractivity contribution in [1.82, 2.24) is 0 Å². The van der Waals surface area contributed by atoms with Crippen molar-refractivity contribution >= 4 is 10.4 Å². The van der Waals surface area contributed by atoms with Crippen LogP contribution in [-0.2, 0) is 49.8 Å². The molecule has 0 amide bonds. The molecule has 0 rings (SSSR count). The van der Waals surface area contributed by atoms with Gasteiger partial charge < -0.3 is 24.4 Å². The minimum absolute atomic E-state index is 0. The van der Waals surface area contributed by atoms with Crippen LogP contribution in [-0.4, -0.2) is 22.6 Å². The van der Waals surface area contributed by atoms with Gasteiger partial charge in [0.25, 0.3) is 0 Å². The molecule has 0 aliphatic carbocycles. The topological polar surface area (TPSA) is 146 Å². The van der Waals surface area contributed by atoms with Gasteiger partial charge in [0, 0.05) is 10.4 Å². The fraction of sp³-hybridized carbons (Fsp3) is 0. The standard InChI is InChI=1S/Ag.Cu.NO3.H2O4S/c;;2-1(3)4;1-5(2,3)4/h;;;(H2,1,2,3,4)/q+1;+2;-1;/p-2. The van der Waals surface area contributed by atoms with Gasteiger partial charge in [-0.05, 0) is 0 Å². The van der Waals surface area contributed by atoms with Crippen LogP contribution in [0.15, 0.2) is 0 Å². The largest absolute Gasteiger partial charge is 2.00 e. The Morgan fingerprint density at radius 2 is 1.09 bits per heavy atom. The number of nitrogens with zero attached hydrogens (tertiary/aromatic N) is 1. The van der Waals surface area contributed by atoms with E-state index in [9.17, 15) is 0 Å². The summed E-state index contributed by atoms with van der Waals surface area (Å²) in [4.78, 5) is 8.25. The Balaban J connectivity index is -0.0000000383. The van der Waals surface area contributed by atoms with Crippen molar-refractivity contribution in [3.8, 4) is 0 Å². The monoisotopic (exact) mass is 328 g/mol. The first kappa shape index (κ1) is 22.5. The number of hydrogen-bond acceptors (Lipinski definition) is 7. The molecular formula is AgCuNO7S. The smallest absolute Gasteiger partial charge is 0.759 e. The quantitative estimate of drug-likeness (QED) is 0.171. The van der Waals surface area contributed by atoms with Gasteiger partial charge in [-0.25, -0.2) is 0 Å². The van der Waals surface area contributed by atoms with Gasteiger partial charge in [-0.1, -0.05) is 0 Å². The van der Waals surface area contributed by atoms with Crippen LogP contribution in [0, 0.1) is 15.3 Å². The Hall–Kier alpha value is 0.330. The van der Waals surface area contributed by atoms with E-state index < -0.39 is 15.5 Å². The van der Waals surface area contributed by atoms with Gasteiger partial charge in [-0.2, -0.15) is 0 Å². The molecule has 0 aromatic rings. The van der Waals surface area contributed by atoms with E-state index >= 15 is 0 Å². The molecule has 11 heavy (non-hydrogen) atoms. The SMILES string of the molecule is O=S(=O)([O-])[O-].O=[N+]([O-])[O-].[Ag+].[Cu+2]. The third kappa shape index (κ3) is 6590. The fourth-order valence-electron chi connectivity index (χ4n) is 0. The van der Waals surface area contributed by atoms with E-state index in [1.807, 2.05) is 0 Å². The molecule has 0 unspecified atom stereocenters. The zero-order valence-corrected chi connectivity index (χ0v) is 7.56. The van der Waals surface area contributed by atoms with Crippen LogP contribution in [0.3, 0.4) is 0 Å². The molecule has 75 valence electrons. The van der Waals surface area contributed by atoms with Gasteiger partial charge in [0.1, 0.15) is 0 Å². The average molecular weight is 329 g/mol. The van der Waals surface area contributed by atoms with Gasteiger partial charge in [0.15, 0.2) is 0 Å². The molecule has 1 radical (unpaired) electrons. The third-order valence-corrected chi connectivity index (χ3v) is 0. The van der Waals surface area contributed by atoms with Crippen molar-refractivity contribution in [2.75, 3.05) is 0 Å². The Morgan fingerprint density at radius 1 is 1.09 bits per heavy atom. The first-order valence-corrected chi connectivity index (χ1v) is 2.55. The minimum atomic E-state index is -5.17. The van der Waals surface area contributed by atoms with Crippen molar-refractivity contribution in [1.29, 1.82) is 0 Å². The van der Waals surface area contributed by atoms with Crippen LogP contribution < -0.4 is 0 Å². The van der Waals surface area contributed by atoms with Crippen LogP contribution in [0.2, 0.25) is 0 Å². The Morgan fingerprint density at radius 3 is 1.09 bits per heavy atom. The molecular weight excluding hydrogens is 329 g/mol. The second-order valence-corrected chi connectivity index (χ2v) is 1.45. The van der Waals surface area contributed by atoms with E-state index in [4.69, 9.17) is 32.8 Å². The first-order chi connectivity index (χ1) is 3.73. The maximum Gasteiger partial charge on any atom is 2.00 e. The Bertz CT molecular complexity index is 161. The molecule has 0 atom stereocenters. The first-order valence-electron chi connectivity index (χ1n) is 1.21. The minimum Gasteiger partial charge on any atom is -0.759 e. The maximum absolute atomic E-state index is 8.52. The summed E-state index contributed by atoms with van der Waals surface area (Å²) >= 11 is 0. The van der Waals surface area contributed by atoms with Gasteiger partial charge in [-0.3, -0.25) is 8.42 Å². The summed E-state index contributed by atoms with van der Waals surface area (Å²) in [6, 6.07) is 0. The predicted molar refractivity (Wildman–Crippen MR) is 20.8 cm³/mol. The van der Waals surface area contributed by atoms with Crippen LogP contribution >= 0.6 is 0 Å². The molecule has 0 saturated carbocycles. The van der Waals surface area contributed by atoms with E-state index in [0.29, 0.717) is 0 Å². The van der Waals surface area contributed by atoms with Crippen LogP contribution in [0.4, 0.5) is 0 Å². The molecule has 0 bridgehead atoms.